The van der Waals surface area contributed by atoms with E-state index in [1.165, 1.54) is 0 Å². The van der Waals surface area contributed by atoms with Crippen molar-refractivity contribution < 1.29 is 14.3 Å². The quantitative estimate of drug-likeness (QED) is 0.783. The van der Waals surface area contributed by atoms with Crippen molar-refractivity contribution in [3.05, 3.63) is 23.8 Å². The Bertz CT molecular complexity index is 418. The number of hydrogen-bond donors (Lipinski definition) is 1. The van der Waals surface area contributed by atoms with Crippen LogP contribution >= 0.6 is 0 Å². The molecule has 2 rings (SSSR count). The fraction of sp³-hybridized carbons (Fsp3) is 0.500. The van der Waals surface area contributed by atoms with Gasteiger partial charge in [0.1, 0.15) is 11.5 Å². The van der Waals surface area contributed by atoms with Crippen LogP contribution in [-0.4, -0.2) is 26.0 Å². The van der Waals surface area contributed by atoms with Crippen molar-refractivity contribution in [2.45, 2.75) is 25.3 Å². The fourth-order valence-corrected chi connectivity index (χ4v) is 1.99. The number of ether oxygens (including phenoxy) is 2. The largest absolute Gasteiger partial charge is 0.497 e. The van der Waals surface area contributed by atoms with Gasteiger partial charge in [0.15, 0.2) is 5.78 Å². The smallest absolute Gasteiger partial charge is 0.164 e. The molecule has 0 aromatic heterocycles. The van der Waals surface area contributed by atoms with Crippen molar-refractivity contribution in [3.63, 3.8) is 0 Å². The van der Waals surface area contributed by atoms with Crippen LogP contribution in [0.15, 0.2) is 18.2 Å². The Kier molecular flexibility index (Phi) is 3.87. The van der Waals surface area contributed by atoms with Gasteiger partial charge in [0.25, 0.3) is 0 Å². The molecule has 0 heterocycles. The number of Topliss-reactive ketones (excluding diaryl/α,β-unsaturated/α-hetero) is 1. The van der Waals surface area contributed by atoms with Gasteiger partial charge >= 0.3 is 0 Å². The van der Waals surface area contributed by atoms with Crippen LogP contribution in [0.2, 0.25) is 0 Å². The number of ketones is 1. The van der Waals surface area contributed by atoms with E-state index < -0.39 is 0 Å². The lowest BCUT2D eigenvalue weighted by Gasteiger charge is -2.11. The summed E-state index contributed by atoms with van der Waals surface area (Å²) in [5.74, 6) is 1.82. The van der Waals surface area contributed by atoms with Crippen LogP contribution in [0.3, 0.4) is 0 Å². The molecule has 0 spiro atoms. The highest BCUT2D eigenvalue weighted by Gasteiger charge is 2.30. The van der Waals surface area contributed by atoms with Gasteiger partial charge in [-0.2, -0.15) is 0 Å². The van der Waals surface area contributed by atoms with E-state index in [0.29, 0.717) is 29.4 Å². The van der Waals surface area contributed by atoms with E-state index in [9.17, 15) is 4.79 Å². The molecule has 1 saturated carbocycles. The molecule has 1 aromatic rings. The van der Waals surface area contributed by atoms with E-state index in [-0.39, 0.29) is 11.8 Å². The molecule has 4 heteroatoms. The number of carbonyl (C=O) groups is 1. The summed E-state index contributed by atoms with van der Waals surface area (Å²) in [6.45, 7) is 0. The number of rotatable bonds is 6. The molecular weight excluding hydrogens is 230 g/mol. The van der Waals surface area contributed by atoms with Crippen LogP contribution in [-0.2, 0) is 0 Å². The van der Waals surface area contributed by atoms with Gasteiger partial charge in [0.05, 0.1) is 14.2 Å². The van der Waals surface area contributed by atoms with Crippen LogP contribution < -0.4 is 15.2 Å². The molecule has 18 heavy (non-hydrogen) atoms. The van der Waals surface area contributed by atoms with Gasteiger partial charge in [-0.1, -0.05) is 0 Å². The maximum atomic E-state index is 12.1. The Hall–Kier alpha value is -1.55. The minimum Gasteiger partial charge on any atom is -0.497 e. The van der Waals surface area contributed by atoms with Gasteiger partial charge < -0.3 is 15.2 Å². The predicted molar refractivity (Wildman–Crippen MR) is 69.2 cm³/mol. The summed E-state index contributed by atoms with van der Waals surface area (Å²) >= 11 is 0. The standard InChI is InChI=1S/C14H19NO3/c1-17-11-5-10(6-12(7-11)18-2)14(16)8-13(15)9-3-4-9/h5-7,9,13H,3-4,8,15H2,1-2H3. The molecule has 0 saturated heterocycles. The molecule has 0 radical (unpaired) electrons. The summed E-state index contributed by atoms with van der Waals surface area (Å²) in [5, 5.41) is 0. The Morgan fingerprint density at radius 1 is 1.28 bits per heavy atom. The first-order valence-corrected chi connectivity index (χ1v) is 6.16. The lowest BCUT2D eigenvalue weighted by Crippen LogP contribution is -2.25. The van der Waals surface area contributed by atoms with Crippen molar-refractivity contribution >= 4 is 5.78 Å². The molecule has 2 N–H and O–H groups in total. The zero-order chi connectivity index (χ0) is 13.1. The highest BCUT2D eigenvalue weighted by molar-refractivity contribution is 5.97. The van der Waals surface area contributed by atoms with Crippen molar-refractivity contribution in [3.8, 4) is 11.5 Å². The zero-order valence-corrected chi connectivity index (χ0v) is 10.8. The van der Waals surface area contributed by atoms with Gasteiger partial charge in [-0.25, -0.2) is 0 Å². The minimum absolute atomic E-state index is 0.0188. The fourth-order valence-electron chi connectivity index (χ4n) is 1.99. The second kappa shape index (κ2) is 5.40. The third kappa shape index (κ3) is 3.01. The number of benzene rings is 1. The van der Waals surface area contributed by atoms with Crippen LogP contribution in [0.5, 0.6) is 11.5 Å². The first-order valence-electron chi connectivity index (χ1n) is 6.16. The van der Waals surface area contributed by atoms with E-state index in [1.807, 2.05) is 0 Å². The van der Waals surface area contributed by atoms with Gasteiger partial charge in [0, 0.05) is 24.1 Å². The molecule has 0 bridgehead atoms. The summed E-state index contributed by atoms with van der Waals surface area (Å²) in [6, 6.07) is 5.18. The van der Waals surface area contributed by atoms with Crippen LogP contribution in [0.25, 0.3) is 0 Å². The van der Waals surface area contributed by atoms with E-state index in [0.717, 1.165) is 12.8 Å². The zero-order valence-electron chi connectivity index (χ0n) is 10.8. The summed E-state index contributed by atoms with van der Waals surface area (Å²) < 4.78 is 10.3. The van der Waals surface area contributed by atoms with Gasteiger partial charge in [-0.05, 0) is 30.9 Å². The second-order valence-electron chi connectivity index (χ2n) is 4.73. The summed E-state index contributed by atoms with van der Waals surface area (Å²) in [6.07, 6.45) is 2.69. The van der Waals surface area contributed by atoms with Gasteiger partial charge in [0.2, 0.25) is 0 Å². The van der Waals surface area contributed by atoms with Gasteiger partial charge in [-0.15, -0.1) is 0 Å². The number of methoxy groups -OCH3 is 2. The van der Waals surface area contributed by atoms with Crippen LogP contribution in [0.1, 0.15) is 29.6 Å². The predicted octanol–water partition coefficient (Wildman–Crippen LogP) is 2.01. The average molecular weight is 249 g/mol. The average Bonchev–Trinajstić information content (AvgIpc) is 3.22. The molecule has 1 aromatic carbocycles. The Morgan fingerprint density at radius 3 is 2.28 bits per heavy atom. The van der Waals surface area contributed by atoms with E-state index >= 15 is 0 Å². The topological polar surface area (TPSA) is 61.5 Å². The van der Waals surface area contributed by atoms with Crippen molar-refractivity contribution in [1.29, 1.82) is 0 Å². The van der Waals surface area contributed by atoms with E-state index in [1.54, 1.807) is 32.4 Å². The highest BCUT2D eigenvalue weighted by Crippen LogP contribution is 2.33. The maximum Gasteiger partial charge on any atom is 0.164 e. The number of carbonyl (C=O) groups excluding carboxylic acids is 1. The summed E-state index contributed by atoms with van der Waals surface area (Å²) in [4.78, 5) is 12.1. The van der Waals surface area contributed by atoms with Crippen molar-refractivity contribution in [1.82, 2.24) is 0 Å². The van der Waals surface area contributed by atoms with Crippen molar-refractivity contribution in [2.24, 2.45) is 11.7 Å². The normalized spacial score (nSPS) is 16.2. The minimum atomic E-state index is -0.0188. The van der Waals surface area contributed by atoms with Crippen LogP contribution in [0.4, 0.5) is 0 Å². The van der Waals surface area contributed by atoms with E-state index in [2.05, 4.69) is 0 Å². The SMILES string of the molecule is COc1cc(OC)cc(C(=O)CC(N)C2CC2)c1. The molecule has 1 atom stereocenters. The molecule has 1 aliphatic carbocycles. The third-order valence-electron chi connectivity index (χ3n) is 3.32. The molecule has 98 valence electrons. The third-order valence-corrected chi connectivity index (χ3v) is 3.32. The monoisotopic (exact) mass is 249 g/mol. The van der Waals surface area contributed by atoms with Crippen LogP contribution in [0, 0.1) is 5.92 Å². The Morgan fingerprint density at radius 2 is 1.83 bits per heavy atom. The first kappa shape index (κ1) is 12.9. The molecule has 1 aliphatic rings. The molecule has 0 amide bonds. The number of hydrogen-bond acceptors (Lipinski definition) is 4. The summed E-state index contributed by atoms with van der Waals surface area (Å²) in [5.41, 5.74) is 6.57. The summed E-state index contributed by atoms with van der Waals surface area (Å²) in [7, 11) is 3.14. The molecule has 1 fully saturated rings. The Labute approximate surface area is 107 Å². The van der Waals surface area contributed by atoms with Crippen molar-refractivity contribution in [2.75, 3.05) is 14.2 Å². The number of nitrogens with two attached hydrogens (primary N) is 1. The molecule has 0 aliphatic heterocycles. The molecular formula is C14H19NO3. The Balaban J connectivity index is 2.12. The first-order chi connectivity index (χ1) is 8.63. The highest BCUT2D eigenvalue weighted by atomic mass is 16.5. The second-order valence-corrected chi connectivity index (χ2v) is 4.73. The lowest BCUT2D eigenvalue weighted by molar-refractivity contribution is 0.0970. The van der Waals surface area contributed by atoms with E-state index in [4.69, 9.17) is 15.2 Å². The molecule has 4 nitrogen and oxygen atoms in total. The molecule has 1 unspecified atom stereocenters. The van der Waals surface area contributed by atoms with Gasteiger partial charge in [-0.3, -0.25) is 4.79 Å². The maximum absolute atomic E-state index is 12.1. The lowest BCUT2D eigenvalue weighted by atomic mass is 10.0.